The van der Waals surface area contributed by atoms with Crippen LogP contribution in [0.4, 0.5) is 4.79 Å². The van der Waals surface area contributed by atoms with Crippen LogP contribution in [0.5, 0.6) is 0 Å². The van der Waals surface area contributed by atoms with Crippen LogP contribution in [0.1, 0.15) is 48.0 Å². The second kappa shape index (κ2) is 14.8. The number of esters is 1. The van der Waals surface area contributed by atoms with E-state index in [1.165, 1.54) is 13.2 Å². The number of fused-ring (bicyclic) bond motifs is 1. The number of ether oxygens (including phenoxy) is 3. The Morgan fingerprint density at radius 2 is 1.62 bits per heavy atom. The van der Waals surface area contributed by atoms with E-state index in [-0.39, 0.29) is 29.5 Å². The molecule has 2 aliphatic heterocycles. The highest BCUT2D eigenvalue weighted by atomic mass is 32.1. The van der Waals surface area contributed by atoms with E-state index in [1.807, 2.05) is 13.8 Å². The van der Waals surface area contributed by atoms with Crippen LogP contribution in [-0.4, -0.2) is 85.0 Å². The minimum atomic E-state index is -1.10. The lowest BCUT2D eigenvalue weighted by molar-refractivity contribution is -0.144. The second-order valence-corrected chi connectivity index (χ2v) is 11.1. The van der Waals surface area contributed by atoms with Crippen molar-refractivity contribution in [3.8, 4) is 0 Å². The number of hydrogen-bond acceptors (Lipinski definition) is 9. The van der Waals surface area contributed by atoms with Gasteiger partial charge in [0.1, 0.15) is 18.1 Å². The number of nitrogens with one attached hydrogen (secondary N) is 5. The second-order valence-electron chi connectivity index (χ2n) is 10.7. The van der Waals surface area contributed by atoms with E-state index >= 15 is 0 Å². The molecular formula is C26H41N5O8S. The van der Waals surface area contributed by atoms with Gasteiger partial charge in [-0.05, 0) is 24.2 Å². The minimum Gasteiger partial charge on any atom is -0.467 e. The predicted octanol–water partition coefficient (Wildman–Crippen LogP) is 0.278. The highest BCUT2D eigenvalue weighted by molar-refractivity contribution is 7.79. The lowest BCUT2D eigenvalue weighted by Gasteiger charge is -2.31. The van der Waals surface area contributed by atoms with E-state index < -0.39 is 66.1 Å². The Bertz CT molecular complexity index is 1000. The summed E-state index contributed by atoms with van der Waals surface area (Å²) in [6.07, 6.45) is 1.66. The standard InChI is InChI=1S/C26H41N5O8S/c1-12(2)16-19-20(39-26(40)38-19)23(34)27-11-9-8-10-15(21(32)29-16)28-22(33)17(13(3)4)30-25(36)31-18(14(5)6)24(35)37-7/h8,10,12-20H,9,11H2,1-7H3,(H,27,34)(H,28,33)(H,29,32)(H2,30,31,36)/b10-8+/t15-,16-,17-,18-,19+,20-/m0/s1. The molecule has 0 aromatic heterocycles. The van der Waals surface area contributed by atoms with Gasteiger partial charge in [-0.15, -0.1) is 0 Å². The summed E-state index contributed by atoms with van der Waals surface area (Å²) in [5.41, 5.74) is 0. The smallest absolute Gasteiger partial charge is 0.353 e. The molecule has 0 spiro atoms. The van der Waals surface area contributed by atoms with Crippen molar-refractivity contribution in [3.63, 3.8) is 0 Å². The molecule has 13 nitrogen and oxygen atoms in total. The molecule has 2 aliphatic rings. The summed E-state index contributed by atoms with van der Waals surface area (Å²) < 4.78 is 15.8. The van der Waals surface area contributed by atoms with Crippen LogP contribution in [-0.2, 0) is 33.4 Å². The fourth-order valence-corrected chi connectivity index (χ4v) is 4.47. The number of rotatable bonds is 8. The Kier molecular flexibility index (Phi) is 12.1. The maximum absolute atomic E-state index is 13.4. The molecule has 0 aromatic rings. The van der Waals surface area contributed by atoms with Gasteiger partial charge in [-0.3, -0.25) is 14.4 Å². The Balaban J connectivity index is 2.23. The van der Waals surface area contributed by atoms with Crippen LogP contribution >= 0.6 is 12.2 Å². The van der Waals surface area contributed by atoms with Crippen molar-refractivity contribution in [2.45, 2.75) is 84.3 Å². The average Bonchev–Trinajstić information content (AvgIpc) is 3.27. The molecular weight excluding hydrogens is 542 g/mol. The molecule has 6 atom stereocenters. The number of amides is 5. The highest BCUT2D eigenvalue weighted by Crippen LogP contribution is 2.23. The van der Waals surface area contributed by atoms with Crippen LogP contribution in [0.2, 0.25) is 0 Å². The number of hydrogen-bond donors (Lipinski definition) is 5. The predicted molar refractivity (Wildman–Crippen MR) is 149 cm³/mol. The number of methoxy groups -OCH3 is 1. The summed E-state index contributed by atoms with van der Waals surface area (Å²) in [5, 5.41) is 13.3. The maximum atomic E-state index is 13.4. The van der Waals surface area contributed by atoms with E-state index in [0.717, 1.165) is 0 Å². The summed E-state index contributed by atoms with van der Waals surface area (Å²) in [6, 6.07) is -4.43. The van der Waals surface area contributed by atoms with E-state index in [4.69, 9.17) is 26.4 Å². The van der Waals surface area contributed by atoms with E-state index in [2.05, 4.69) is 26.6 Å². The zero-order valence-corrected chi connectivity index (χ0v) is 24.8. The van der Waals surface area contributed by atoms with Gasteiger partial charge in [0.25, 0.3) is 5.91 Å². The van der Waals surface area contributed by atoms with Crippen molar-refractivity contribution in [3.05, 3.63) is 12.2 Å². The van der Waals surface area contributed by atoms with Crippen molar-refractivity contribution >= 4 is 47.2 Å². The number of thiocarbonyl (C=S) groups is 1. The summed E-state index contributed by atoms with van der Waals surface area (Å²) >= 11 is 5.02. The fraction of sp³-hybridized carbons (Fsp3) is 0.692. The Labute approximate surface area is 239 Å². The van der Waals surface area contributed by atoms with Crippen molar-refractivity contribution in [1.82, 2.24) is 26.6 Å². The molecule has 0 unspecified atom stereocenters. The van der Waals surface area contributed by atoms with Crippen LogP contribution in [0.25, 0.3) is 0 Å². The molecule has 5 N–H and O–H groups in total. The molecule has 0 aromatic carbocycles. The van der Waals surface area contributed by atoms with Gasteiger partial charge in [-0.25, -0.2) is 9.59 Å². The topological polar surface area (TPSA) is 173 Å². The van der Waals surface area contributed by atoms with Crippen LogP contribution in [0.15, 0.2) is 12.2 Å². The first-order chi connectivity index (χ1) is 18.8. The molecule has 0 aliphatic carbocycles. The Morgan fingerprint density at radius 3 is 2.20 bits per heavy atom. The van der Waals surface area contributed by atoms with Gasteiger partial charge in [0, 0.05) is 18.8 Å². The highest BCUT2D eigenvalue weighted by Gasteiger charge is 2.46. The van der Waals surface area contributed by atoms with E-state index in [1.54, 1.807) is 33.8 Å². The first-order valence-corrected chi connectivity index (χ1v) is 13.7. The molecule has 224 valence electrons. The van der Waals surface area contributed by atoms with Gasteiger partial charge in [0.15, 0.2) is 6.10 Å². The average molecular weight is 584 g/mol. The third-order valence-electron chi connectivity index (χ3n) is 6.56. The van der Waals surface area contributed by atoms with Gasteiger partial charge in [0.05, 0.1) is 13.2 Å². The van der Waals surface area contributed by atoms with E-state index in [9.17, 15) is 24.0 Å². The summed E-state index contributed by atoms with van der Waals surface area (Å²) in [6.45, 7) is 10.9. The maximum Gasteiger partial charge on any atom is 0.353 e. The zero-order valence-electron chi connectivity index (χ0n) is 23.9. The van der Waals surface area contributed by atoms with Crippen LogP contribution in [0.3, 0.4) is 0 Å². The van der Waals surface area contributed by atoms with Crippen LogP contribution in [0, 0.1) is 17.8 Å². The van der Waals surface area contributed by atoms with Gasteiger partial charge < -0.3 is 40.8 Å². The fourth-order valence-electron chi connectivity index (χ4n) is 4.26. The molecule has 0 saturated carbocycles. The summed E-state index contributed by atoms with van der Waals surface area (Å²) in [5.74, 6) is -2.95. The van der Waals surface area contributed by atoms with Gasteiger partial charge in [-0.1, -0.05) is 53.7 Å². The lowest BCUT2D eigenvalue weighted by Crippen LogP contribution is -2.60. The molecule has 5 amide bonds. The third-order valence-corrected chi connectivity index (χ3v) is 6.75. The normalized spacial score (nSPS) is 25.6. The quantitative estimate of drug-likeness (QED) is 0.153. The molecule has 0 bridgehead atoms. The lowest BCUT2D eigenvalue weighted by atomic mass is 9.93. The Morgan fingerprint density at radius 1 is 1.00 bits per heavy atom. The van der Waals surface area contributed by atoms with Gasteiger partial charge in [-0.2, -0.15) is 0 Å². The molecule has 1 fully saturated rings. The monoisotopic (exact) mass is 583 g/mol. The molecule has 1 saturated heterocycles. The van der Waals surface area contributed by atoms with Crippen molar-refractivity contribution in [2.75, 3.05) is 13.7 Å². The molecule has 2 heterocycles. The Hall–Kier alpha value is -3.42. The molecule has 0 radical (unpaired) electrons. The van der Waals surface area contributed by atoms with Crippen molar-refractivity contribution < 1.29 is 38.2 Å². The van der Waals surface area contributed by atoms with Gasteiger partial charge in [0.2, 0.25) is 17.9 Å². The molecule has 2 rings (SSSR count). The first kappa shape index (κ1) is 32.8. The third kappa shape index (κ3) is 8.80. The molecule has 40 heavy (non-hydrogen) atoms. The zero-order chi connectivity index (χ0) is 30.1. The van der Waals surface area contributed by atoms with E-state index in [0.29, 0.717) is 6.42 Å². The SMILES string of the molecule is COC(=O)[C@@H](NC(=O)N[C@H](C(=O)N[C@H]1/C=C/CCNC(=O)[C@H]2OC(=S)O[C@@H]2[C@H](C(C)C)NC1=O)C(C)C)C(C)C. The summed E-state index contributed by atoms with van der Waals surface area (Å²) in [7, 11) is 1.22. The largest absolute Gasteiger partial charge is 0.467 e. The van der Waals surface area contributed by atoms with Crippen molar-refractivity contribution in [1.29, 1.82) is 0 Å². The number of carbonyl (C=O) groups is 5. The first-order valence-electron chi connectivity index (χ1n) is 13.3. The van der Waals surface area contributed by atoms with Crippen molar-refractivity contribution in [2.24, 2.45) is 17.8 Å². The van der Waals surface area contributed by atoms with Gasteiger partial charge >= 0.3 is 17.2 Å². The minimum absolute atomic E-state index is 0.182. The number of carbonyl (C=O) groups excluding carboxylic acids is 5. The summed E-state index contributed by atoms with van der Waals surface area (Å²) in [4.78, 5) is 64.2. The number of urea groups is 1. The molecule has 14 heteroatoms. The van der Waals surface area contributed by atoms with Crippen LogP contribution < -0.4 is 26.6 Å².